The molecule has 0 aromatic heterocycles. The van der Waals surface area contributed by atoms with Gasteiger partial charge in [0, 0.05) is 11.8 Å². The van der Waals surface area contributed by atoms with Crippen molar-refractivity contribution in [2.75, 3.05) is 0 Å². The van der Waals surface area contributed by atoms with Gasteiger partial charge in [0.2, 0.25) is 0 Å². The number of hydrogen-bond donors (Lipinski definition) is 1. The number of rotatable bonds is 4. The molecule has 22 heavy (non-hydrogen) atoms. The standard InChI is InChI=1S/C20H28O2/c1-6-13-11-14(7-2)17(15(8-3)12-13)18-16(21)9-10-20(4,5)19(18)22/h11-12,22H,6-10H2,1-5H3. The van der Waals surface area contributed by atoms with E-state index in [0.717, 1.165) is 31.2 Å². The maximum Gasteiger partial charge on any atom is 0.166 e. The van der Waals surface area contributed by atoms with Gasteiger partial charge in [-0.05, 0) is 47.9 Å². The summed E-state index contributed by atoms with van der Waals surface area (Å²) in [6.45, 7) is 10.4. The number of allylic oxidation sites excluding steroid dienone is 2. The van der Waals surface area contributed by atoms with Gasteiger partial charge in [-0.2, -0.15) is 0 Å². The highest BCUT2D eigenvalue weighted by atomic mass is 16.3. The highest BCUT2D eigenvalue weighted by molar-refractivity contribution is 6.23. The Bertz CT molecular complexity index is 596. The Morgan fingerprint density at radius 1 is 1.05 bits per heavy atom. The van der Waals surface area contributed by atoms with Crippen LogP contribution in [0.2, 0.25) is 0 Å². The molecule has 0 spiro atoms. The smallest absolute Gasteiger partial charge is 0.166 e. The predicted octanol–water partition coefficient (Wildman–Crippen LogP) is 5.03. The van der Waals surface area contributed by atoms with Crippen molar-refractivity contribution in [2.45, 2.75) is 66.7 Å². The Labute approximate surface area is 134 Å². The van der Waals surface area contributed by atoms with Gasteiger partial charge in [0.15, 0.2) is 5.78 Å². The van der Waals surface area contributed by atoms with Crippen LogP contribution in [0.4, 0.5) is 0 Å². The summed E-state index contributed by atoms with van der Waals surface area (Å²) in [6, 6.07) is 4.40. The number of aliphatic hydroxyl groups excluding tert-OH is 1. The molecule has 2 heteroatoms. The van der Waals surface area contributed by atoms with E-state index in [4.69, 9.17) is 0 Å². The number of carbonyl (C=O) groups is 1. The fourth-order valence-electron chi connectivity index (χ4n) is 3.32. The molecule has 1 N–H and O–H groups in total. The average molecular weight is 300 g/mol. The molecule has 1 aromatic rings. The van der Waals surface area contributed by atoms with E-state index in [2.05, 4.69) is 32.9 Å². The Hall–Kier alpha value is -1.57. The normalized spacial score (nSPS) is 18.0. The lowest BCUT2D eigenvalue weighted by atomic mass is 9.73. The van der Waals surface area contributed by atoms with Crippen molar-refractivity contribution < 1.29 is 9.90 Å². The van der Waals surface area contributed by atoms with Crippen LogP contribution in [0, 0.1) is 5.41 Å². The fourth-order valence-corrected chi connectivity index (χ4v) is 3.32. The van der Waals surface area contributed by atoms with E-state index in [1.807, 2.05) is 13.8 Å². The number of ketones is 1. The second-order valence-electron chi connectivity index (χ2n) is 6.88. The summed E-state index contributed by atoms with van der Waals surface area (Å²) in [5.74, 6) is 0.364. The second kappa shape index (κ2) is 6.28. The summed E-state index contributed by atoms with van der Waals surface area (Å²) < 4.78 is 0. The Morgan fingerprint density at radius 2 is 1.59 bits per heavy atom. The third kappa shape index (κ3) is 2.84. The molecule has 2 rings (SSSR count). The quantitative estimate of drug-likeness (QED) is 0.846. The largest absolute Gasteiger partial charge is 0.511 e. The minimum atomic E-state index is -0.317. The molecule has 0 aliphatic heterocycles. The molecule has 0 saturated heterocycles. The number of benzene rings is 1. The molecule has 120 valence electrons. The third-order valence-electron chi connectivity index (χ3n) is 4.92. The average Bonchev–Trinajstić information content (AvgIpc) is 2.51. The summed E-state index contributed by atoms with van der Waals surface area (Å²) in [7, 11) is 0. The first-order valence-corrected chi connectivity index (χ1v) is 8.47. The zero-order chi connectivity index (χ0) is 16.5. The predicted molar refractivity (Wildman–Crippen MR) is 92.1 cm³/mol. The first kappa shape index (κ1) is 16.8. The van der Waals surface area contributed by atoms with E-state index in [-0.39, 0.29) is 17.0 Å². The van der Waals surface area contributed by atoms with Crippen LogP contribution in [0.1, 0.15) is 69.7 Å². The monoisotopic (exact) mass is 300 g/mol. The van der Waals surface area contributed by atoms with Crippen LogP contribution >= 0.6 is 0 Å². The van der Waals surface area contributed by atoms with E-state index >= 15 is 0 Å². The summed E-state index contributed by atoms with van der Waals surface area (Å²) in [6.07, 6.45) is 3.98. The Kier molecular flexibility index (Phi) is 4.79. The van der Waals surface area contributed by atoms with Gasteiger partial charge in [0.05, 0.1) is 5.57 Å². The molecular formula is C20H28O2. The van der Waals surface area contributed by atoms with Crippen molar-refractivity contribution in [3.05, 3.63) is 40.1 Å². The van der Waals surface area contributed by atoms with Crippen molar-refractivity contribution >= 4 is 11.4 Å². The van der Waals surface area contributed by atoms with Crippen LogP contribution in [0.5, 0.6) is 0 Å². The van der Waals surface area contributed by atoms with Crippen molar-refractivity contribution in [1.82, 2.24) is 0 Å². The van der Waals surface area contributed by atoms with Crippen molar-refractivity contribution in [3.63, 3.8) is 0 Å². The van der Waals surface area contributed by atoms with Crippen LogP contribution in [0.15, 0.2) is 17.9 Å². The molecule has 0 fully saturated rings. The summed E-state index contributed by atoms with van der Waals surface area (Å²) in [5, 5.41) is 10.7. The second-order valence-corrected chi connectivity index (χ2v) is 6.88. The van der Waals surface area contributed by atoms with Crippen LogP contribution in [-0.2, 0) is 24.1 Å². The molecule has 1 aliphatic carbocycles. The van der Waals surface area contributed by atoms with Gasteiger partial charge in [0.25, 0.3) is 0 Å². The number of carbonyl (C=O) groups excluding carboxylic acids is 1. The summed E-state index contributed by atoms with van der Waals surface area (Å²) >= 11 is 0. The fraction of sp³-hybridized carbons (Fsp3) is 0.550. The van der Waals surface area contributed by atoms with Gasteiger partial charge in [-0.15, -0.1) is 0 Å². The highest BCUT2D eigenvalue weighted by Gasteiger charge is 2.36. The Balaban J connectivity index is 2.77. The maximum atomic E-state index is 12.6. The lowest BCUT2D eigenvalue weighted by Gasteiger charge is -2.32. The summed E-state index contributed by atoms with van der Waals surface area (Å²) in [4.78, 5) is 12.6. The zero-order valence-electron chi connectivity index (χ0n) is 14.5. The SMILES string of the molecule is CCc1cc(CC)c(C2=C(O)C(C)(C)CCC2=O)c(CC)c1. The number of hydrogen-bond acceptors (Lipinski definition) is 2. The molecule has 0 heterocycles. The van der Waals surface area contributed by atoms with E-state index < -0.39 is 0 Å². The van der Waals surface area contributed by atoms with Crippen LogP contribution in [0.3, 0.4) is 0 Å². The molecule has 0 amide bonds. The molecule has 1 aromatic carbocycles. The van der Waals surface area contributed by atoms with Crippen LogP contribution in [-0.4, -0.2) is 10.9 Å². The third-order valence-corrected chi connectivity index (χ3v) is 4.92. The lowest BCUT2D eigenvalue weighted by Crippen LogP contribution is -2.26. The lowest BCUT2D eigenvalue weighted by molar-refractivity contribution is -0.115. The first-order chi connectivity index (χ1) is 10.4. The molecule has 0 unspecified atom stereocenters. The number of aryl methyl sites for hydroxylation is 3. The number of Topliss-reactive ketones (excluding diaryl/α,β-unsaturated/α-hetero) is 1. The zero-order valence-corrected chi connectivity index (χ0v) is 14.5. The van der Waals surface area contributed by atoms with Crippen molar-refractivity contribution in [3.8, 4) is 0 Å². The minimum Gasteiger partial charge on any atom is -0.511 e. The maximum absolute atomic E-state index is 12.6. The van der Waals surface area contributed by atoms with Crippen molar-refractivity contribution in [2.24, 2.45) is 5.41 Å². The van der Waals surface area contributed by atoms with Gasteiger partial charge in [0.1, 0.15) is 5.76 Å². The minimum absolute atomic E-state index is 0.0884. The molecule has 1 aliphatic rings. The molecule has 0 saturated carbocycles. The molecule has 2 nitrogen and oxygen atoms in total. The molecule has 0 radical (unpaired) electrons. The van der Waals surface area contributed by atoms with E-state index in [1.165, 1.54) is 16.7 Å². The summed E-state index contributed by atoms with van der Waals surface area (Å²) in [5.41, 5.74) is 4.93. The highest BCUT2D eigenvalue weighted by Crippen LogP contribution is 2.42. The van der Waals surface area contributed by atoms with Gasteiger partial charge in [-0.25, -0.2) is 0 Å². The van der Waals surface area contributed by atoms with Crippen molar-refractivity contribution in [1.29, 1.82) is 0 Å². The van der Waals surface area contributed by atoms with Crippen LogP contribution < -0.4 is 0 Å². The molecular weight excluding hydrogens is 272 g/mol. The molecule has 0 atom stereocenters. The van der Waals surface area contributed by atoms with E-state index in [0.29, 0.717) is 12.0 Å². The van der Waals surface area contributed by atoms with Gasteiger partial charge < -0.3 is 5.11 Å². The first-order valence-electron chi connectivity index (χ1n) is 8.47. The topological polar surface area (TPSA) is 37.3 Å². The molecule has 0 bridgehead atoms. The van der Waals surface area contributed by atoms with Crippen LogP contribution in [0.25, 0.3) is 5.57 Å². The van der Waals surface area contributed by atoms with Gasteiger partial charge in [-0.3, -0.25) is 4.79 Å². The Morgan fingerprint density at radius 3 is 2.05 bits per heavy atom. The van der Waals surface area contributed by atoms with Gasteiger partial charge in [-0.1, -0.05) is 46.8 Å². The van der Waals surface area contributed by atoms with Gasteiger partial charge >= 0.3 is 0 Å². The number of aliphatic hydroxyl groups is 1. The van der Waals surface area contributed by atoms with E-state index in [9.17, 15) is 9.90 Å². The van der Waals surface area contributed by atoms with E-state index in [1.54, 1.807) is 0 Å².